The van der Waals surface area contributed by atoms with Crippen molar-refractivity contribution in [1.29, 1.82) is 5.26 Å². The minimum absolute atomic E-state index is 0.277. The van der Waals surface area contributed by atoms with Crippen LogP contribution in [0.2, 0.25) is 0 Å². The Kier molecular flexibility index (Phi) is 3.20. The maximum absolute atomic E-state index is 13.4. The zero-order chi connectivity index (χ0) is 13.1. The molecule has 0 unspecified atom stereocenters. The van der Waals surface area contributed by atoms with Crippen LogP contribution in [0.1, 0.15) is 17.0 Å². The Balaban J connectivity index is 2.37. The quantitative estimate of drug-likeness (QED) is 0.879. The summed E-state index contributed by atoms with van der Waals surface area (Å²) in [6, 6.07) is 8.26. The molecule has 1 heterocycles. The summed E-state index contributed by atoms with van der Waals surface area (Å²) in [5.41, 5.74) is 2.03. The first kappa shape index (κ1) is 12.0. The molecule has 90 valence electrons. The molecule has 0 atom stereocenters. The molecule has 0 spiro atoms. The molecule has 0 fully saturated rings. The van der Waals surface area contributed by atoms with Crippen LogP contribution in [-0.4, -0.2) is 9.97 Å². The lowest BCUT2D eigenvalue weighted by molar-refractivity contribution is 0.619. The van der Waals surface area contributed by atoms with Gasteiger partial charge in [-0.1, -0.05) is 6.07 Å². The van der Waals surface area contributed by atoms with E-state index in [0.29, 0.717) is 22.9 Å². The van der Waals surface area contributed by atoms with Crippen LogP contribution in [0.4, 0.5) is 16.0 Å². The van der Waals surface area contributed by atoms with Gasteiger partial charge in [0.2, 0.25) is 5.95 Å². The molecule has 18 heavy (non-hydrogen) atoms. The normalized spacial score (nSPS) is 9.89. The second-order valence-electron chi connectivity index (χ2n) is 3.87. The van der Waals surface area contributed by atoms with Gasteiger partial charge in [0.05, 0.1) is 0 Å². The van der Waals surface area contributed by atoms with Gasteiger partial charge < -0.3 is 5.32 Å². The molecule has 0 saturated heterocycles. The Hall–Kier alpha value is -2.48. The van der Waals surface area contributed by atoms with Crippen LogP contribution in [0, 0.1) is 31.0 Å². The standard InChI is InChI=1S/C13H11FN4/c1-8-6-10(7-15)17-13(16-8)18-12-5-3-4-11(14)9(12)2/h3-6H,1-2H3,(H,16,17,18). The summed E-state index contributed by atoms with van der Waals surface area (Å²) in [5, 5.41) is 11.7. The van der Waals surface area contributed by atoms with E-state index in [-0.39, 0.29) is 11.5 Å². The smallest absolute Gasteiger partial charge is 0.228 e. The van der Waals surface area contributed by atoms with E-state index in [1.807, 2.05) is 6.07 Å². The lowest BCUT2D eigenvalue weighted by Gasteiger charge is -2.09. The number of hydrogen-bond donors (Lipinski definition) is 1. The second-order valence-corrected chi connectivity index (χ2v) is 3.87. The Morgan fingerprint density at radius 3 is 2.78 bits per heavy atom. The first-order valence-corrected chi connectivity index (χ1v) is 5.38. The van der Waals surface area contributed by atoms with Gasteiger partial charge in [0, 0.05) is 16.9 Å². The van der Waals surface area contributed by atoms with E-state index in [1.165, 1.54) is 6.07 Å². The number of anilines is 2. The van der Waals surface area contributed by atoms with Crippen molar-refractivity contribution < 1.29 is 4.39 Å². The number of aryl methyl sites for hydroxylation is 1. The van der Waals surface area contributed by atoms with Gasteiger partial charge in [0.15, 0.2) is 0 Å². The van der Waals surface area contributed by atoms with Gasteiger partial charge >= 0.3 is 0 Å². The molecule has 1 N–H and O–H groups in total. The van der Waals surface area contributed by atoms with E-state index in [1.54, 1.807) is 32.0 Å². The predicted octanol–water partition coefficient (Wildman–Crippen LogP) is 2.85. The summed E-state index contributed by atoms with van der Waals surface area (Å²) in [5.74, 6) is -0.00610. The SMILES string of the molecule is Cc1cc(C#N)nc(Nc2cccc(F)c2C)n1. The van der Waals surface area contributed by atoms with Crippen LogP contribution in [0.25, 0.3) is 0 Å². The predicted molar refractivity (Wildman–Crippen MR) is 65.9 cm³/mol. The molecule has 2 rings (SSSR count). The molecule has 0 bridgehead atoms. The molecule has 0 aliphatic carbocycles. The number of benzene rings is 1. The van der Waals surface area contributed by atoms with Crippen LogP contribution >= 0.6 is 0 Å². The van der Waals surface area contributed by atoms with Gasteiger partial charge in [0.1, 0.15) is 17.6 Å². The van der Waals surface area contributed by atoms with Crippen LogP contribution in [-0.2, 0) is 0 Å². The molecular weight excluding hydrogens is 231 g/mol. The van der Waals surface area contributed by atoms with Crippen LogP contribution in [0.5, 0.6) is 0 Å². The largest absolute Gasteiger partial charge is 0.324 e. The molecular formula is C13H11FN4. The Bertz CT molecular complexity index is 631. The van der Waals surface area contributed by atoms with E-state index < -0.39 is 0 Å². The van der Waals surface area contributed by atoms with E-state index in [9.17, 15) is 4.39 Å². The number of nitrogens with zero attached hydrogens (tertiary/aromatic N) is 3. The topological polar surface area (TPSA) is 61.6 Å². The number of nitrogens with one attached hydrogen (secondary N) is 1. The highest BCUT2D eigenvalue weighted by Crippen LogP contribution is 2.20. The molecule has 0 amide bonds. The van der Waals surface area contributed by atoms with Crippen molar-refractivity contribution in [2.45, 2.75) is 13.8 Å². The number of rotatable bonds is 2. The highest BCUT2D eigenvalue weighted by Gasteiger charge is 2.06. The van der Waals surface area contributed by atoms with Gasteiger partial charge in [-0.2, -0.15) is 5.26 Å². The summed E-state index contributed by atoms with van der Waals surface area (Å²) >= 11 is 0. The fourth-order valence-electron chi connectivity index (χ4n) is 1.55. The lowest BCUT2D eigenvalue weighted by atomic mass is 10.2. The molecule has 0 aliphatic heterocycles. The van der Waals surface area contributed by atoms with Crippen molar-refractivity contribution in [3.8, 4) is 6.07 Å². The van der Waals surface area contributed by atoms with E-state index in [2.05, 4.69) is 15.3 Å². The Morgan fingerprint density at radius 2 is 2.06 bits per heavy atom. The van der Waals surface area contributed by atoms with Crippen molar-refractivity contribution in [3.05, 3.63) is 47.0 Å². The third-order valence-corrected chi connectivity index (χ3v) is 2.48. The van der Waals surface area contributed by atoms with Gasteiger partial charge in [-0.25, -0.2) is 14.4 Å². The zero-order valence-corrected chi connectivity index (χ0v) is 10.0. The number of aromatic nitrogens is 2. The minimum atomic E-state index is -0.298. The molecule has 2 aromatic rings. The van der Waals surface area contributed by atoms with Gasteiger partial charge in [-0.05, 0) is 32.0 Å². The van der Waals surface area contributed by atoms with Crippen molar-refractivity contribution in [2.24, 2.45) is 0 Å². The maximum Gasteiger partial charge on any atom is 0.228 e. The van der Waals surface area contributed by atoms with Crippen LogP contribution in [0.3, 0.4) is 0 Å². The first-order valence-electron chi connectivity index (χ1n) is 5.38. The second kappa shape index (κ2) is 4.80. The summed E-state index contributed by atoms with van der Waals surface area (Å²) in [6.07, 6.45) is 0. The van der Waals surface area contributed by atoms with Gasteiger partial charge in [-0.3, -0.25) is 0 Å². The van der Waals surface area contributed by atoms with Crippen molar-refractivity contribution in [3.63, 3.8) is 0 Å². The van der Waals surface area contributed by atoms with Crippen LogP contribution < -0.4 is 5.32 Å². The molecule has 0 aliphatic rings. The number of nitriles is 1. The highest BCUT2D eigenvalue weighted by molar-refractivity contribution is 5.58. The van der Waals surface area contributed by atoms with Gasteiger partial charge in [0.25, 0.3) is 0 Å². The fourth-order valence-corrected chi connectivity index (χ4v) is 1.55. The molecule has 1 aromatic carbocycles. The van der Waals surface area contributed by atoms with E-state index in [0.717, 1.165) is 0 Å². The highest BCUT2D eigenvalue weighted by atomic mass is 19.1. The molecule has 0 saturated carbocycles. The lowest BCUT2D eigenvalue weighted by Crippen LogP contribution is -2.02. The summed E-state index contributed by atoms with van der Waals surface area (Å²) < 4.78 is 13.4. The third kappa shape index (κ3) is 2.43. The average molecular weight is 242 g/mol. The summed E-state index contributed by atoms with van der Waals surface area (Å²) in [7, 11) is 0. The fraction of sp³-hybridized carbons (Fsp3) is 0.154. The van der Waals surface area contributed by atoms with Crippen LogP contribution in [0.15, 0.2) is 24.3 Å². The Labute approximate surface area is 104 Å². The molecule has 4 nitrogen and oxygen atoms in total. The summed E-state index contributed by atoms with van der Waals surface area (Å²) in [6.45, 7) is 3.44. The van der Waals surface area contributed by atoms with Gasteiger partial charge in [-0.15, -0.1) is 0 Å². The van der Waals surface area contributed by atoms with E-state index >= 15 is 0 Å². The van der Waals surface area contributed by atoms with Crippen molar-refractivity contribution >= 4 is 11.6 Å². The maximum atomic E-state index is 13.4. The third-order valence-electron chi connectivity index (χ3n) is 2.48. The zero-order valence-electron chi connectivity index (χ0n) is 10.0. The molecule has 1 aromatic heterocycles. The number of halogens is 1. The van der Waals surface area contributed by atoms with Crippen molar-refractivity contribution in [2.75, 3.05) is 5.32 Å². The number of hydrogen-bond acceptors (Lipinski definition) is 4. The first-order chi connectivity index (χ1) is 8.60. The average Bonchev–Trinajstić information content (AvgIpc) is 2.34. The molecule has 0 radical (unpaired) electrons. The Morgan fingerprint density at radius 1 is 1.28 bits per heavy atom. The molecule has 5 heteroatoms. The summed E-state index contributed by atoms with van der Waals surface area (Å²) in [4.78, 5) is 8.16. The van der Waals surface area contributed by atoms with E-state index in [4.69, 9.17) is 5.26 Å². The van der Waals surface area contributed by atoms with Crippen molar-refractivity contribution in [1.82, 2.24) is 9.97 Å². The minimum Gasteiger partial charge on any atom is -0.324 e. The monoisotopic (exact) mass is 242 g/mol.